The number of carbonyl (C=O) groups excluding carboxylic acids is 1. The number of hydrogen-bond acceptors (Lipinski definition) is 5. The van der Waals surface area contributed by atoms with Gasteiger partial charge >= 0.3 is 17.9 Å². The van der Waals surface area contributed by atoms with E-state index >= 15 is 0 Å². The molecule has 0 amide bonds. The van der Waals surface area contributed by atoms with E-state index in [1.807, 2.05) is 0 Å². The fraction of sp³-hybridized carbons (Fsp3) is 0.471. The fourth-order valence-corrected chi connectivity index (χ4v) is 1.00. The molecule has 24 heavy (non-hydrogen) atoms. The van der Waals surface area contributed by atoms with E-state index < -0.39 is 11.9 Å². The van der Waals surface area contributed by atoms with Crippen molar-refractivity contribution in [3.8, 4) is 0 Å². The summed E-state index contributed by atoms with van der Waals surface area (Å²) in [5, 5.41) is 16.5. The molecule has 136 valence electrons. The summed E-state index contributed by atoms with van der Waals surface area (Å²) < 4.78 is 9.18. The quantitative estimate of drug-likeness (QED) is 0.415. The third-order valence-electron chi connectivity index (χ3n) is 2.74. The van der Waals surface area contributed by atoms with Gasteiger partial charge in [0.05, 0.1) is 19.8 Å². The lowest BCUT2D eigenvalue weighted by Gasteiger charge is -1.95. The zero-order valence-corrected chi connectivity index (χ0v) is 14.5. The summed E-state index contributed by atoms with van der Waals surface area (Å²) in [6.07, 6.45) is 2.16. The van der Waals surface area contributed by atoms with Gasteiger partial charge in [0.25, 0.3) is 0 Å². The van der Waals surface area contributed by atoms with E-state index in [9.17, 15) is 14.4 Å². The summed E-state index contributed by atoms with van der Waals surface area (Å²) in [5.74, 6) is -2.15. The van der Waals surface area contributed by atoms with Crippen molar-refractivity contribution in [2.24, 2.45) is 0 Å². The number of esters is 1. The number of hydrogen-bond donors (Lipinski definition) is 2. The van der Waals surface area contributed by atoms with E-state index in [4.69, 9.17) is 14.9 Å². The third kappa shape index (κ3) is 14.5. The van der Waals surface area contributed by atoms with E-state index in [0.717, 1.165) is 13.0 Å². The van der Waals surface area contributed by atoms with Crippen molar-refractivity contribution in [1.82, 2.24) is 0 Å². The van der Waals surface area contributed by atoms with Gasteiger partial charge in [-0.15, -0.1) is 0 Å². The van der Waals surface area contributed by atoms with E-state index in [2.05, 4.69) is 24.5 Å². The molecule has 0 spiro atoms. The topological polar surface area (TPSA) is 113 Å². The van der Waals surface area contributed by atoms with Crippen LogP contribution in [-0.4, -0.2) is 47.9 Å². The van der Waals surface area contributed by atoms with Gasteiger partial charge in [-0.25, -0.2) is 14.4 Å². The van der Waals surface area contributed by atoms with Crippen molar-refractivity contribution in [3.63, 3.8) is 0 Å². The highest BCUT2D eigenvalue weighted by atomic mass is 16.6. The zero-order chi connectivity index (χ0) is 19.3. The Balaban J connectivity index is 0. The minimum atomic E-state index is -0.902. The first kappa shape index (κ1) is 23.9. The number of epoxide rings is 1. The number of ether oxygens (including phenoxy) is 2. The summed E-state index contributed by atoms with van der Waals surface area (Å²) in [6.45, 7) is 14.2. The lowest BCUT2D eigenvalue weighted by molar-refractivity contribution is -0.136. The van der Waals surface area contributed by atoms with E-state index in [1.54, 1.807) is 13.8 Å². The number of rotatable bonds is 7. The van der Waals surface area contributed by atoms with Crippen LogP contribution in [0.5, 0.6) is 0 Å². The SMILES string of the molecule is C=C(C)C(=O)OC.C=C(CC)C(=O)O.C=C(CCC1CO1)C(=O)O. The van der Waals surface area contributed by atoms with E-state index in [0.29, 0.717) is 24.5 Å². The molecule has 1 heterocycles. The molecule has 0 aromatic heterocycles. The molecule has 1 saturated heterocycles. The minimum absolute atomic E-state index is 0.264. The smallest absolute Gasteiger partial charge is 0.332 e. The summed E-state index contributed by atoms with van der Waals surface area (Å²) in [5.41, 5.74) is 0.970. The standard InChI is InChI=1S/C7H10O3.2C5H8O2/c1-5(7(8)9)2-3-6-4-10-6;1-4(2)5(6)7-3;1-3-4(2)5(6)7/h6H,1-4H2,(H,8,9);1H2,2-3H3;2-3H2,1H3,(H,6,7). The highest BCUT2D eigenvalue weighted by Gasteiger charge is 2.22. The van der Waals surface area contributed by atoms with Crippen molar-refractivity contribution in [2.75, 3.05) is 13.7 Å². The second-order valence-corrected chi connectivity index (χ2v) is 4.94. The molecule has 1 aliphatic heterocycles. The van der Waals surface area contributed by atoms with Gasteiger partial charge in [-0.3, -0.25) is 0 Å². The molecule has 1 aliphatic rings. The van der Waals surface area contributed by atoms with Gasteiger partial charge in [0.15, 0.2) is 0 Å². The third-order valence-corrected chi connectivity index (χ3v) is 2.74. The van der Waals surface area contributed by atoms with Crippen molar-refractivity contribution >= 4 is 17.9 Å². The first-order chi connectivity index (χ1) is 11.1. The number of methoxy groups -OCH3 is 1. The molecular formula is C17H26O7. The predicted molar refractivity (Wildman–Crippen MR) is 89.6 cm³/mol. The molecule has 1 unspecified atom stereocenters. The molecule has 0 bridgehead atoms. The van der Waals surface area contributed by atoms with Crippen molar-refractivity contribution in [3.05, 3.63) is 36.5 Å². The van der Waals surface area contributed by atoms with Crippen LogP contribution in [0.1, 0.15) is 33.1 Å². The van der Waals surface area contributed by atoms with Crippen LogP contribution in [0, 0.1) is 0 Å². The maximum Gasteiger partial charge on any atom is 0.332 e. The highest BCUT2D eigenvalue weighted by molar-refractivity contribution is 5.86. The second kappa shape index (κ2) is 13.1. The lowest BCUT2D eigenvalue weighted by Crippen LogP contribution is -1.99. The molecule has 0 aromatic carbocycles. The van der Waals surface area contributed by atoms with Crippen LogP contribution >= 0.6 is 0 Å². The Labute approximate surface area is 142 Å². The molecule has 7 nitrogen and oxygen atoms in total. The molecule has 1 atom stereocenters. The number of aliphatic carboxylic acids is 2. The van der Waals surface area contributed by atoms with Gasteiger partial charge in [-0.1, -0.05) is 26.7 Å². The molecule has 2 N–H and O–H groups in total. The first-order valence-corrected chi connectivity index (χ1v) is 7.24. The maximum atomic E-state index is 10.2. The molecule has 0 aliphatic carbocycles. The molecule has 0 radical (unpaired) electrons. The highest BCUT2D eigenvalue weighted by Crippen LogP contribution is 2.17. The molecule has 7 heteroatoms. The normalized spacial score (nSPS) is 13.9. The molecular weight excluding hydrogens is 316 g/mol. The predicted octanol–water partition coefficient (Wildman–Crippen LogP) is 2.58. The van der Waals surface area contributed by atoms with Crippen LogP contribution in [0.25, 0.3) is 0 Å². The number of carboxylic acids is 2. The Morgan fingerprint density at radius 2 is 1.58 bits per heavy atom. The Kier molecular flexibility index (Phi) is 13.0. The maximum absolute atomic E-state index is 10.2. The van der Waals surface area contributed by atoms with Gasteiger partial charge in [-0.05, 0) is 26.2 Å². The Morgan fingerprint density at radius 3 is 1.75 bits per heavy atom. The van der Waals surface area contributed by atoms with Gasteiger partial charge in [0.2, 0.25) is 0 Å². The average Bonchev–Trinajstić information content (AvgIpc) is 3.35. The molecule has 0 aromatic rings. The van der Waals surface area contributed by atoms with Crippen LogP contribution in [0.2, 0.25) is 0 Å². The van der Waals surface area contributed by atoms with E-state index in [1.165, 1.54) is 7.11 Å². The summed E-state index contributed by atoms with van der Waals surface area (Å²) in [4.78, 5) is 30.2. The average molecular weight is 342 g/mol. The van der Waals surface area contributed by atoms with Crippen LogP contribution in [-0.2, 0) is 23.9 Å². The Bertz CT molecular complexity index is 461. The molecule has 1 rings (SSSR count). The van der Waals surface area contributed by atoms with E-state index in [-0.39, 0.29) is 17.1 Å². The summed E-state index contributed by atoms with van der Waals surface area (Å²) in [6, 6.07) is 0. The number of carboxylic acid groups (broad SMARTS) is 2. The van der Waals surface area contributed by atoms with Gasteiger partial charge in [0.1, 0.15) is 0 Å². The lowest BCUT2D eigenvalue weighted by atomic mass is 10.1. The molecule has 1 fully saturated rings. The molecule has 0 saturated carbocycles. The van der Waals surface area contributed by atoms with Crippen molar-refractivity contribution < 1.29 is 34.1 Å². The van der Waals surface area contributed by atoms with Gasteiger partial charge in [-0.2, -0.15) is 0 Å². The largest absolute Gasteiger partial charge is 0.478 e. The summed E-state index contributed by atoms with van der Waals surface area (Å²) >= 11 is 0. The number of carbonyl (C=O) groups is 3. The van der Waals surface area contributed by atoms with Crippen molar-refractivity contribution in [1.29, 1.82) is 0 Å². The zero-order valence-electron chi connectivity index (χ0n) is 14.5. The monoisotopic (exact) mass is 342 g/mol. The Morgan fingerprint density at radius 1 is 1.12 bits per heavy atom. The van der Waals surface area contributed by atoms with Gasteiger partial charge < -0.3 is 19.7 Å². The fourth-order valence-electron chi connectivity index (χ4n) is 1.00. The van der Waals surface area contributed by atoms with Gasteiger partial charge in [0, 0.05) is 16.7 Å². The van der Waals surface area contributed by atoms with Crippen LogP contribution < -0.4 is 0 Å². The second-order valence-electron chi connectivity index (χ2n) is 4.94. The van der Waals surface area contributed by atoms with Crippen LogP contribution in [0.4, 0.5) is 0 Å². The van der Waals surface area contributed by atoms with Crippen LogP contribution in [0.3, 0.4) is 0 Å². The summed E-state index contributed by atoms with van der Waals surface area (Å²) in [7, 11) is 1.33. The first-order valence-electron chi connectivity index (χ1n) is 7.24. The Hall–Kier alpha value is -2.41. The minimum Gasteiger partial charge on any atom is -0.478 e. The van der Waals surface area contributed by atoms with Crippen molar-refractivity contribution in [2.45, 2.75) is 39.2 Å². The van der Waals surface area contributed by atoms with Crippen LogP contribution in [0.15, 0.2) is 36.5 Å².